The molecule has 0 amide bonds. The van der Waals surface area contributed by atoms with E-state index in [1.807, 2.05) is 0 Å². The Hall–Kier alpha value is -2.02. The molecule has 0 atom stereocenters. The third kappa shape index (κ3) is 3.25. The minimum absolute atomic E-state index is 0.175. The van der Waals surface area contributed by atoms with E-state index < -0.39 is 5.97 Å². The van der Waals surface area contributed by atoms with Gasteiger partial charge >= 0.3 is 5.97 Å². The number of pyridine rings is 1. The van der Waals surface area contributed by atoms with Crippen LogP contribution in [0.25, 0.3) is 0 Å². The normalized spacial score (nSPS) is 8.62. The van der Waals surface area contributed by atoms with E-state index in [0.29, 0.717) is 11.4 Å². The van der Waals surface area contributed by atoms with Crippen molar-refractivity contribution in [2.24, 2.45) is 0 Å². The van der Waals surface area contributed by atoms with Gasteiger partial charge in [-0.25, -0.2) is 4.98 Å². The largest absolute Gasteiger partial charge is 0.481 e. The minimum atomic E-state index is -0.942. The fourth-order valence-electron chi connectivity index (χ4n) is 0.690. The molecule has 1 heterocycles. The van der Waals surface area contributed by atoms with Crippen molar-refractivity contribution in [1.82, 2.24) is 4.98 Å². The van der Waals surface area contributed by atoms with Gasteiger partial charge in [0.1, 0.15) is 12.1 Å². The van der Waals surface area contributed by atoms with E-state index in [9.17, 15) is 4.79 Å². The number of rotatable bonds is 1. The summed E-state index contributed by atoms with van der Waals surface area (Å²) in [7, 11) is 0. The van der Waals surface area contributed by atoms with Crippen molar-refractivity contribution < 1.29 is 9.90 Å². The van der Waals surface area contributed by atoms with Crippen LogP contribution in [-0.4, -0.2) is 16.1 Å². The van der Waals surface area contributed by atoms with E-state index in [0.717, 1.165) is 0 Å². The van der Waals surface area contributed by atoms with Crippen LogP contribution >= 0.6 is 0 Å². The van der Waals surface area contributed by atoms with Crippen molar-refractivity contribution in [3.63, 3.8) is 0 Å². The third-order valence-corrected chi connectivity index (χ3v) is 1.24. The molecule has 4 nitrogen and oxygen atoms in total. The number of nitrogen functional groups attached to an aromatic ring is 1. The van der Waals surface area contributed by atoms with Gasteiger partial charge in [-0.1, -0.05) is 5.92 Å². The SMILES string of the molecule is Nc1ccc(C#CCC(=O)O)nc1. The zero-order valence-corrected chi connectivity index (χ0v) is 6.82. The van der Waals surface area contributed by atoms with Crippen LogP contribution < -0.4 is 5.73 Å². The van der Waals surface area contributed by atoms with Gasteiger partial charge in [0.2, 0.25) is 0 Å². The number of aliphatic carboxylic acids is 1. The van der Waals surface area contributed by atoms with Crippen LogP contribution in [0.2, 0.25) is 0 Å². The average Bonchev–Trinajstić information content (AvgIpc) is 2.08. The molecule has 0 fully saturated rings. The van der Waals surface area contributed by atoms with E-state index in [1.165, 1.54) is 6.20 Å². The number of nitrogens with zero attached hydrogens (tertiary/aromatic N) is 1. The van der Waals surface area contributed by atoms with Gasteiger partial charge in [-0.2, -0.15) is 0 Å². The molecule has 0 aromatic carbocycles. The van der Waals surface area contributed by atoms with Crippen molar-refractivity contribution in [2.75, 3.05) is 5.73 Å². The summed E-state index contributed by atoms with van der Waals surface area (Å²) in [6, 6.07) is 3.31. The standard InChI is InChI=1S/C9H8N2O2/c10-7-4-5-8(11-6-7)2-1-3-9(12)13/h4-6H,3,10H2,(H,12,13). The lowest BCUT2D eigenvalue weighted by molar-refractivity contribution is -0.135. The lowest BCUT2D eigenvalue weighted by Crippen LogP contribution is -1.91. The summed E-state index contributed by atoms with van der Waals surface area (Å²) in [6.45, 7) is 0. The first-order valence-electron chi connectivity index (χ1n) is 3.60. The minimum Gasteiger partial charge on any atom is -0.481 e. The molecule has 0 aliphatic carbocycles. The molecule has 1 aromatic heterocycles. The second-order valence-electron chi connectivity index (χ2n) is 2.35. The molecule has 0 radical (unpaired) electrons. The third-order valence-electron chi connectivity index (χ3n) is 1.24. The summed E-state index contributed by atoms with van der Waals surface area (Å²) in [5.41, 5.74) is 6.48. The molecule has 13 heavy (non-hydrogen) atoms. The molecule has 0 saturated carbocycles. The number of anilines is 1. The Balaban J connectivity index is 2.67. The molecular weight excluding hydrogens is 168 g/mol. The van der Waals surface area contributed by atoms with Gasteiger partial charge < -0.3 is 10.8 Å². The summed E-state index contributed by atoms with van der Waals surface area (Å²) in [6.07, 6.45) is 1.30. The Kier molecular flexibility index (Phi) is 2.87. The molecule has 66 valence electrons. The van der Waals surface area contributed by atoms with Gasteiger partial charge in [0, 0.05) is 0 Å². The van der Waals surface area contributed by atoms with Crippen molar-refractivity contribution in [1.29, 1.82) is 0 Å². The van der Waals surface area contributed by atoms with Gasteiger partial charge in [-0.05, 0) is 18.1 Å². The summed E-state index contributed by atoms with van der Waals surface area (Å²) in [5.74, 6) is 4.13. The Morgan fingerprint density at radius 1 is 1.62 bits per heavy atom. The van der Waals surface area contributed by atoms with Crippen LogP contribution in [0.3, 0.4) is 0 Å². The highest BCUT2D eigenvalue weighted by atomic mass is 16.4. The molecule has 0 aliphatic heterocycles. The zero-order valence-electron chi connectivity index (χ0n) is 6.82. The highest BCUT2D eigenvalue weighted by Crippen LogP contribution is 1.98. The Morgan fingerprint density at radius 2 is 2.38 bits per heavy atom. The van der Waals surface area contributed by atoms with Crippen LogP contribution in [0.1, 0.15) is 12.1 Å². The molecule has 0 aliphatic rings. The number of carboxylic acids is 1. The predicted octanol–water partition coefficient (Wildman–Crippen LogP) is 0.490. The van der Waals surface area contributed by atoms with Crippen LogP contribution in [-0.2, 0) is 4.79 Å². The summed E-state index contributed by atoms with van der Waals surface area (Å²) < 4.78 is 0. The molecule has 0 saturated heterocycles. The Morgan fingerprint density at radius 3 is 2.92 bits per heavy atom. The average molecular weight is 176 g/mol. The fourth-order valence-corrected chi connectivity index (χ4v) is 0.690. The summed E-state index contributed by atoms with van der Waals surface area (Å²) >= 11 is 0. The first-order chi connectivity index (χ1) is 6.18. The van der Waals surface area contributed by atoms with Crippen molar-refractivity contribution in [3.05, 3.63) is 24.0 Å². The highest BCUT2D eigenvalue weighted by Gasteiger charge is 1.90. The fraction of sp³-hybridized carbons (Fsp3) is 0.111. The van der Waals surface area contributed by atoms with Gasteiger partial charge in [-0.3, -0.25) is 4.79 Å². The second kappa shape index (κ2) is 4.12. The van der Waals surface area contributed by atoms with Crippen molar-refractivity contribution in [3.8, 4) is 11.8 Å². The predicted molar refractivity (Wildman–Crippen MR) is 47.8 cm³/mol. The molecule has 4 heteroatoms. The summed E-state index contributed by atoms with van der Waals surface area (Å²) in [4.78, 5) is 14.0. The van der Waals surface area contributed by atoms with Crippen LogP contribution in [0.4, 0.5) is 5.69 Å². The molecule has 0 unspecified atom stereocenters. The molecule has 3 N–H and O–H groups in total. The Labute approximate surface area is 75.4 Å². The van der Waals surface area contributed by atoms with E-state index >= 15 is 0 Å². The number of aromatic nitrogens is 1. The maximum Gasteiger partial charge on any atom is 0.315 e. The number of hydrogen-bond acceptors (Lipinski definition) is 3. The van der Waals surface area contributed by atoms with E-state index in [4.69, 9.17) is 10.8 Å². The lowest BCUT2D eigenvalue weighted by atomic mass is 10.3. The zero-order chi connectivity index (χ0) is 9.68. The first-order valence-corrected chi connectivity index (χ1v) is 3.60. The number of hydrogen-bond donors (Lipinski definition) is 2. The topological polar surface area (TPSA) is 76.2 Å². The maximum atomic E-state index is 10.1. The lowest BCUT2D eigenvalue weighted by Gasteiger charge is -1.90. The number of carboxylic acid groups (broad SMARTS) is 1. The smallest absolute Gasteiger partial charge is 0.315 e. The van der Waals surface area contributed by atoms with Gasteiger partial charge in [0.15, 0.2) is 0 Å². The van der Waals surface area contributed by atoms with E-state index in [2.05, 4.69) is 16.8 Å². The molecule has 1 aromatic rings. The van der Waals surface area contributed by atoms with E-state index in [-0.39, 0.29) is 6.42 Å². The first kappa shape index (κ1) is 9.07. The van der Waals surface area contributed by atoms with Crippen molar-refractivity contribution >= 4 is 11.7 Å². The van der Waals surface area contributed by atoms with Gasteiger partial charge in [0.05, 0.1) is 11.9 Å². The second-order valence-corrected chi connectivity index (χ2v) is 2.35. The Bertz CT molecular complexity index is 359. The van der Waals surface area contributed by atoms with E-state index in [1.54, 1.807) is 12.1 Å². The van der Waals surface area contributed by atoms with Crippen molar-refractivity contribution in [2.45, 2.75) is 6.42 Å². The van der Waals surface area contributed by atoms with Crippen LogP contribution in [0, 0.1) is 11.8 Å². The number of carbonyl (C=O) groups is 1. The monoisotopic (exact) mass is 176 g/mol. The highest BCUT2D eigenvalue weighted by molar-refractivity contribution is 5.70. The quantitative estimate of drug-likeness (QED) is 0.610. The molecule has 0 spiro atoms. The van der Waals surface area contributed by atoms with Crippen LogP contribution in [0.15, 0.2) is 18.3 Å². The molecular formula is C9H8N2O2. The maximum absolute atomic E-state index is 10.1. The summed E-state index contributed by atoms with van der Waals surface area (Å²) in [5, 5.41) is 8.29. The number of nitrogens with two attached hydrogens (primary N) is 1. The molecule has 0 bridgehead atoms. The van der Waals surface area contributed by atoms with Gasteiger partial charge in [0.25, 0.3) is 0 Å². The van der Waals surface area contributed by atoms with Gasteiger partial charge in [-0.15, -0.1) is 0 Å². The molecule has 1 rings (SSSR count). The van der Waals surface area contributed by atoms with Crippen LogP contribution in [0.5, 0.6) is 0 Å².